The van der Waals surface area contributed by atoms with Crippen LogP contribution in [0.1, 0.15) is 12.0 Å². The van der Waals surface area contributed by atoms with E-state index in [0.29, 0.717) is 22.4 Å². The van der Waals surface area contributed by atoms with Crippen molar-refractivity contribution >= 4 is 39.9 Å². The molecule has 4 rings (SSSR count). The summed E-state index contributed by atoms with van der Waals surface area (Å²) in [5.41, 5.74) is 7.82. The van der Waals surface area contributed by atoms with Crippen molar-refractivity contribution in [2.24, 2.45) is 0 Å². The minimum Gasteiger partial charge on any atom is -0.482 e. The van der Waals surface area contributed by atoms with Gasteiger partial charge in [0.15, 0.2) is 6.61 Å². The summed E-state index contributed by atoms with van der Waals surface area (Å²) in [5, 5.41) is 3.53. The van der Waals surface area contributed by atoms with Crippen LogP contribution in [0.25, 0.3) is 10.9 Å². The third-order valence-electron chi connectivity index (χ3n) is 4.12. The lowest BCUT2D eigenvalue weighted by Gasteiger charge is -2.16. The summed E-state index contributed by atoms with van der Waals surface area (Å²) < 4.78 is 55.4. The number of anilines is 3. The van der Waals surface area contributed by atoms with Crippen molar-refractivity contribution in [1.29, 1.82) is 0 Å². The molecule has 0 amide bonds. The van der Waals surface area contributed by atoms with Crippen LogP contribution in [0.15, 0.2) is 36.7 Å². The number of aromatic nitrogens is 2. The van der Waals surface area contributed by atoms with Gasteiger partial charge in [-0.15, -0.1) is 0 Å². The van der Waals surface area contributed by atoms with E-state index in [9.17, 15) is 17.6 Å². The summed E-state index contributed by atoms with van der Waals surface area (Å²) >= 11 is 2.04. The van der Waals surface area contributed by atoms with Crippen molar-refractivity contribution in [3.63, 3.8) is 0 Å². The minimum atomic E-state index is -4.54. The number of halogens is 4. The zero-order valence-electron chi connectivity index (χ0n) is 16.1. The van der Waals surface area contributed by atoms with Gasteiger partial charge in [-0.2, -0.15) is 24.9 Å². The average molecular weight is 440 g/mol. The molecule has 5 nitrogen and oxygen atoms in total. The molecule has 1 fully saturated rings. The molecule has 0 aliphatic carbocycles. The van der Waals surface area contributed by atoms with Crippen molar-refractivity contribution in [1.82, 2.24) is 9.97 Å². The second kappa shape index (κ2) is 9.38. The lowest BCUT2D eigenvalue weighted by atomic mass is 10.1. The fourth-order valence-corrected chi connectivity index (χ4v) is 2.95. The molecule has 160 valence electrons. The maximum Gasteiger partial charge on any atom is 0.422 e. The molecule has 3 N–H and O–H groups in total. The van der Waals surface area contributed by atoms with Gasteiger partial charge in [0, 0.05) is 17.1 Å². The second-order valence-electron chi connectivity index (χ2n) is 6.59. The molecular weight excluding hydrogens is 420 g/mol. The van der Waals surface area contributed by atoms with Crippen LogP contribution in [0.2, 0.25) is 0 Å². The number of nitrogen functional groups attached to an aromatic ring is 1. The highest BCUT2D eigenvalue weighted by molar-refractivity contribution is 8.00. The van der Waals surface area contributed by atoms with Gasteiger partial charge in [-0.25, -0.2) is 14.4 Å². The molecule has 10 heteroatoms. The molecule has 1 aliphatic rings. The number of alkyl halides is 3. The van der Waals surface area contributed by atoms with Gasteiger partial charge >= 0.3 is 6.18 Å². The van der Waals surface area contributed by atoms with Crippen LogP contribution in [-0.2, 0) is 0 Å². The van der Waals surface area contributed by atoms with Gasteiger partial charge in [0.1, 0.15) is 23.7 Å². The van der Waals surface area contributed by atoms with Crippen molar-refractivity contribution in [2.45, 2.75) is 19.5 Å². The molecule has 0 saturated carbocycles. The Morgan fingerprint density at radius 3 is 2.50 bits per heavy atom. The monoisotopic (exact) mass is 440 g/mol. The van der Waals surface area contributed by atoms with Crippen molar-refractivity contribution in [2.75, 3.05) is 29.2 Å². The van der Waals surface area contributed by atoms with Crippen LogP contribution in [-0.4, -0.2) is 34.3 Å². The van der Waals surface area contributed by atoms with Crippen molar-refractivity contribution in [3.8, 4) is 5.75 Å². The Morgan fingerprint density at radius 1 is 1.17 bits per heavy atom. The van der Waals surface area contributed by atoms with Crippen LogP contribution in [0, 0.1) is 12.7 Å². The number of aryl methyl sites for hydroxylation is 1. The fourth-order valence-electron chi connectivity index (χ4n) is 2.66. The summed E-state index contributed by atoms with van der Waals surface area (Å²) in [7, 11) is 0. The molecule has 3 aromatic rings. The Bertz CT molecular complexity index is 1020. The third-order valence-corrected chi connectivity index (χ3v) is 5.28. The predicted octanol–water partition coefficient (Wildman–Crippen LogP) is 5.47. The van der Waals surface area contributed by atoms with E-state index in [1.807, 2.05) is 11.8 Å². The van der Waals surface area contributed by atoms with Crippen LogP contribution in [0.5, 0.6) is 5.75 Å². The quantitative estimate of drug-likeness (QED) is 0.414. The average Bonchev–Trinajstić information content (AvgIpc) is 2.59. The van der Waals surface area contributed by atoms with Crippen molar-refractivity contribution in [3.05, 3.63) is 48.0 Å². The van der Waals surface area contributed by atoms with Crippen LogP contribution in [0.3, 0.4) is 0 Å². The molecule has 0 spiro atoms. The molecule has 0 bridgehead atoms. The number of benzene rings is 2. The number of ether oxygens (including phenoxy) is 1. The first kappa shape index (κ1) is 21.9. The first-order chi connectivity index (χ1) is 14.2. The zero-order valence-corrected chi connectivity index (χ0v) is 16.9. The van der Waals surface area contributed by atoms with E-state index in [2.05, 4.69) is 15.3 Å². The zero-order chi connectivity index (χ0) is 21.7. The van der Waals surface area contributed by atoms with Crippen molar-refractivity contribution < 1.29 is 22.3 Å². The maximum absolute atomic E-state index is 13.4. The van der Waals surface area contributed by atoms with Crippen LogP contribution < -0.4 is 15.8 Å². The number of nitrogens with two attached hydrogens (primary N) is 1. The largest absolute Gasteiger partial charge is 0.482 e. The van der Waals surface area contributed by atoms with E-state index in [0.717, 1.165) is 17.7 Å². The highest BCUT2D eigenvalue weighted by Gasteiger charge is 2.29. The van der Waals surface area contributed by atoms with E-state index in [-0.39, 0.29) is 11.4 Å². The summed E-state index contributed by atoms with van der Waals surface area (Å²) in [6.45, 7) is 0.268. The predicted molar refractivity (Wildman–Crippen MR) is 112 cm³/mol. The Balaban J connectivity index is 0.000000572. The molecule has 30 heavy (non-hydrogen) atoms. The first-order valence-corrected chi connectivity index (χ1v) is 10.2. The second-order valence-corrected chi connectivity index (χ2v) is 7.81. The first-order valence-electron chi connectivity index (χ1n) is 9.07. The molecule has 2 heterocycles. The number of nitrogens with zero attached hydrogens (tertiary/aromatic N) is 2. The van der Waals surface area contributed by atoms with E-state index >= 15 is 0 Å². The number of hydrogen-bond acceptors (Lipinski definition) is 6. The van der Waals surface area contributed by atoms with Gasteiger partial charge in [0.05, 0.1) is 11.2 Å². The number of nitrogens with one attached hydrogen (secondary N) is 1. The SMILES string of the molecule is C1CSC1.Cc1cc(N)cc2ncnc(Nc3ccc(F)cc3OCC(F)(F)F)c12. The summed E-state index contributed by atoms with van der Waals surface area (Å²) in [6.07, 6.45) is -1.78. The van der Waals surface area contributed by atoms with Gasteiger partial charge in [-0.05, 0) is 54.7 Å². The Kier molecular flexibility index (Phi) is 6.86. The number of thioether (sulfide) groups is 1. The Morgan fingerprint density at radius 2 is 1.87 bits per heavy atom. The van der Waals surface area contributed by atoms with Crippen LogP contribution in [0.4, 0.5) is 34.8 Å². The highest BCUT2D eigenvalue weighted by Crippen LogP contribution is 2.33. The van der Waals surface area contributed by atoms with Gasteiger partial charge in [-0.3, -0.25) is 0 Å². The maximum atomic E-state index is 13.4. The van der Waals surface area contributed by atoms with Gasteiger partial charge in [-0.1, -0.05) is 0 Å². The summed E-state index contributed by atoms with van der Waals surface area (Å²) in [6, 6.07) is 6.64. The van der Waals surface area contributed by atoms with Crippen LogP contribution >= 0.6 is 11.8 Å². The smallest absolute Gasteiger partial charge is 0.422 e. The lowest BCUT2D eigenvalue weighted by Crippen LogP contribution is -2.19. The normalized spacial score (nSPS) is 13.2. The van der Waals surface area contributed by atoms with E-state index in [1.165, 1.54) is 30.3 Å². The van der Waals surface area contributed by atoms with E-state index < -0.39 is 18.6 Å². The molecule has 1 saturated heterocycles. The molecular formula is C20H20F4N4OS. The third kappa shape index (κ3) is 5.88. The molecule has 0 radical (unpaired) electrons. The molecule has 0 atom stereocenters. The van der Waals surface area contributed by atoms with Gasteiger partial charge in [0.25, 0.3) is 0 Å². The Labute approximate surface area is 175 Å². The topological polar surface area (TPSA) is 73.1 Å². The molecule has 1 aromatic heterocycles. The minimum absolute atomic E-state index is 0.145. The van der Waals surface area contributed by atoms with Gasteiger partial charge in [0.2, 0.25) is 0 Å². The Hall–Kier alpha value is -2.75. The molecule has 2 aromatic carbocycles. The summed E-state index contributed by atoms with van der Waals surface area (Å²) in [4.78, 5) is 8.27. The van der Waals surface area contributed by atoms with E-state index in [1.54, 1.807) is 19.1 Å². The van der Waals surface area contributed by atoms with E-state index in [4.69, 9.17) is 10.5 Å². The lowest BCUT2D eigenvalue weighted by molar-refractivity contribution is -0.153. The number of fused-ring (bicyclic) bond motifs is 1. The molecule has 1 aliphatic heterocycles. The summed E-state index contributed by atoms with van der Waals surface area (Å²) in [5.74, 6) is 2.18. The number of hydrogen-bond donors (Lipinski definition) is 2. The highest BCUT2D eigenvalue weighted by atomic mass is 32.2. The standard InChI is InChI=1S/C17H14F4N4O.C3H6S/c1-9-4-11(22)6-13-15(9)16(24-8-23-13)25-12-3-2-10(18)5-14(12)26-7-17(19,20)21;1-2-4-3-1/h2-6,8H,7,22H2,1H3,(H,23,24,25);1-3H2. The number of rotatable bonds is 4. The molecule has 0 unspecified atom stereocenters. The fraction of sp³-hybridized carbons (Fsp3) is 0.300. The van der Waals surface area contributed by atoms with Gasteiger partial charge < -0.3 is 15.8 Å².